The lowest BCUT2D eigenvalue weighted by Gasteiger charge is -2.14. The van der Waals surface area contributed by atoms with Crippen LogP contribution in [0, 0.1) is 0 Å². The van der Waals surface area contributed by atoms with Crippen molar-refractivity contribution in [1.29, 1.82) is 0 Å². The van der Waals surface area contributed by atoms with Gasteiger partial charge in [-0.05, 0) is 85.2 Å². The summed E-state index contributed by atoms with van der Waals surface area (Å²) >= 11 is 0. The maximum atomic E-state index is 10.6. The molecule has 0 fully saturated rings. The van der Waals surface area contributed by atoms with E-state index in [1.807, 2.05) is 78.9 Å². The standard InChI is InChI=1S/C29H34O6S.C4H12N/c1-2-24-8-14-27(15-9-24)33-20-5-3-4-6-21-34-28-16-10-25(11-17-28)26-12-18-29(19-13-26)35-22-7-23-36(30,31)32;1-5(2,3)4/h2,8-19H,1,3-7,20-23H2,(H,30,31,32);1-4H3/q;+1/p-1. The molecule has 0 radical (unpaired) electrons. The van der Waals surface area contributed by atoms with Crippen LogP contribution < -0.4 is 14.2 Å². The minimum absolute atomic E-state index is 0.176. The van der Waals surface area contributed by atoms with Crippen molar-refractivity contribution < 1.29 is 31.7 Å². The zero-order valence-electron chi connectivity index (χ0n) is 24.9. The van der Waals surface area contributed by atoms with Crippen LogP contribution in [0.5, 0.6) is 17.2 Å². The lowest BCUT2D eigenvalue weighted by Crippen LogP contribution is -2.27. The normalized spacial score (nSPS) is 11.2. The minimum Gasteiger partial charge on any atom is -0.748 e. The second-order valence-corrected chi connectivity index (χ2v) is 12.6. The second-order valence-electron chi connectivity index (χ2n) is 11.1. The van der Waals surface area contributed by atoms with Crippen LogP contribution >= 0.6 is 0 Å². The van der Waals surface area contributed by atoms with Gasteiger partial charge in [0.1, 0.15) is 17.2 Å². The molecule has 0 aliphatic heterocycles. The van der Waals surface area contributed by atoms with Gasteiger partial charge >= 0.3 is 0 Å². The average molecular weight is 584 g/mol. The maximum absolute atomic E-state index is 10.6. The predicted molar refractivity (Wildman–Crippen MR) is 167 cm³/mol. The summed E-state index contributed by atoms with van der Waals surface area (Å²) in [5, 5.41) is 0. The summed E-state index contributed by atoms with van der Waals surface area (Å²) in [6.07, 6.45) is 6.21. The highest BCUT2D eigenvalue weighted by Crippen LogP contribution is 2.25. The average Bonchev–Trinajstić information content (AvgIpc) is 2.92. The molecule has 0 saturated heterocycles. The van der Waals surface area contributed by atoms with Gasteiger partial charge in [0, 0.05) is 5.75 Å². The van der Waals surface area contributed by atoms with Crippen LogP contribution in [0.1, 0.15) is 37.7 Å². The first-order valence-corrected chi connectivity index (χ1v) is 15.5. The molecule has 0 aliphatic rings. The summed E-state index contributed by atoms with van der Waals surface area (Å²) in [5.74, 6) is 1.96. The van der Waals surface area contributed by atoms with Crippen molar-refractivity contribution in [2.45, 2.75) is 32.1 Å². The highest BCUT2D eigenvalue weighted by atomic mass is 32.2. The van der Waals surface area contributed by atoms with Crippen molar-refractivity contribution in [2.75, 3.05) is 53.8 Å². The van der Waals surface area contributed by atoms with E-state index in [9.17, 15) is 13.0 Å². The summed E-state index contributed by atoms with van der Waals surface area (Å²) in [6.45, 7) is 5.34. The molecule has 41 heavy (non-hydrogen) atoms. The Morgan fingerprint density at radius 3 is 1.32 bits per heavy atom. The Kier molecular flexibility index (Phi) is 14.4. The molecular formula is C33H45NO6S. The number of hydrogen-bond donors (Lipinski definition) is 0. The highest BCUT2D eigenvalue weighted by Gasteiger charge is 2.02. The zero-order chi connectivity index (χ0) is 30.1. The van der Waals surface area contributed by atoms with E-state index in [2.05, 4.69) is 34.8 Å². The smallest absolute Gasteiger partial charge is 0.119 e. The highest BCUT2D eigenvalue weighted by molar-refractivity contribution is 7.85. The predicted octanol–water partition coefficient (Wildman–Crippen LogP) is 6.65. The van der Waals surface area contributed by atoms with E-state index < -0.39 is 15.9 Å². The largest absolute Gasteiger partial charge is 0.748 e. The van der Waals surface area contributed by atoms with Gasteiger partial charge in [-0.3, -0.25) is 0 Å². The van der Waals surface area contributed by atoms with Gasteiger partial charge in [-0.25, -0.2) is 8.42 Å². The van der Waals surface area contributed by atoms with Gasteiger partial charge in [-0.15, -0.1) is 0 Å². The Morgan fingerprint density at radius 1 is 0.634 bits per heavy atom. The number of quaternary nitrogens is 1. The molecule has 0 spiro atoms. The molecule has 0 unspecified atom stereocenters. The molecule has 0 aliphatic carbocycles. The van der Waals surface area contributed by atoms with E-state index in [1.165, 1.54) is 0 Å². The Balaban J connectivity index is 0.00000108. The summed E-state index contributed by atoms with van der Waals surface area (Å²) < 4.78 is 50.0. The van der Waals surface area contributed by atoms with E-state index in [0.29, 0.717) is 19.0 Å². The molecule has 8 heteroatoms. The fourth-order valence-corrected chi connectivity index (χ4v) is 4.02. The summed E-state index contributed by atoms with van der Waals surface area (Å²) in [6, 6.07) is 23.4. The molecule has 7 nitrogen and oxygen atoms in total. The van der Waals surface area contributed by atoms with Crippen molar-refractivity contribution in [3.63, 3.8) is 0 Å². The van der Waals surface area contributed by atoms with Crippen LogP contribution in [-0.2, 0) is 10.1 Å². The zero-order valence-corrected chi connectivity index (χ0v) is 25.7. The minimum atomic E-state index is -4.20. The van der Waals surface area contributed by atoms with Gasteiger partial charge in [0.25, 0.3) is 0 Å². The summed E-state index contributed by atoms with van der Waals surface area (Å²) in [4.78, 5) is 0. The van der Waals surface area contributed by atoms with Gasteiger partial charge < -0.3 is 23.2 Å². The Hall–Kier alpha value is -3.33. The number of rotatable bonds is 16. The maximum Gasteiger partial charge on any atom is 0.119 e. The fraction of sp³-hybridized carbons (Fsp3) is 0.394. The third kappa shape index (κ3) is 16.5. The van der Waals surface area contributed by atoms with Crippen molar-refractivity contribution in [1.82, 2.24) is 0 Å². The van der Waals surface area contributed by atoms with E-state index in [1.54, 1.807) is 0 Å². The number of benzene rings is 3. The summed E-state index contributed by atoms with van der Waals surface area (Å²) in [7, 11) is 4.30. The molecule has 3 aromatic rings. The second kappa shape index (κ2) is 17.5. The molecule has 0 heterocycles. The van der Waals surface area contributed by atoms with Crippen molar-refractivity contribution >= 4 is 16.2 Å². The molecule has 224 valence electrons. The molecule has 0 amide bonds. The van der Waals surface area contributed by atoms with Gasteiger partial charge in [0.2, 0.25) is 0 Å². The first-order chi connectivity index (χ1) is 19.4. The molecule has 3 aromatic carbocycles. The fourth-order valence-electron chi connectivity index (χ4n) is 3.55. The SMILES string of the molecule is C=Cc1ccc(OCCCCCCOc2ccc(-c3ccc(OCCCS(=O)(=O)[O-])cc3)cc2)cc1.C[N+](C)(C)C. The van der Waals surface area contributed by atoms with E-state index in [0.717, 1.165) is 58.4 Å². The lowest BCUT2D eigenvalue weighted by molar-refractivity contribution is -0.849. The van der Waals surface area contributed by atoms with Crippen LogP contribution in [0.4, 0.5) is 0 Å². The Bertz CT molecular complexity index is 1240. The van der Waals surface area contributed by atoms with Crippen molar-refractivity contribution in [3.8, 4) is 28.4 Å². The van der Waals surface area contributed by atoms with E-state index in [-0.39, 0.29) is 13.0 Å². The van der Waals surface area contributed by atoms with Gasteiger partial charge in [-0.1, -0.05) is 49.1 Å². The number of hydrogen-bond acceptors (Lipinski definition) is 6. The van der Waals surface area contributed by atoms with Gasteiger partial charge in [0.15, 0.2) is 0 Å². The molecule has 3 rings (SSSR count). The molecule has 0 atom stereocenters. The molecule has 0 N–H and O–H groups in total. The van der Waals surface area contributed by atoms with E-state index in [4.69, 9.17) is 14.2 Å². The monoisotopic (exact) mass is 583 g/mol. The first kappa shape index (κ1) is 33.9. The topological polar surface area (TPSA) is 84.9 Å². The Morgan fingerprint density at radius 2 is 0.976 bits per heavy atom. The molecule has 0 aromatic heterocycles. The first-order valence-electron chi connectivity index (χ1n) is 14.0. The van der Waals surface area contributed by atoms with E-state index >= 15 is 0 Å². The van der Waals surface area contributed by atoms with Crippen LogP contribution in [0.2, 0.25) is 0 Å². The van der Waals surface area contributed by atoms with Crippen LogP contribution in [0.3, 0.4) is 0 Å². The van der Waals surface area contributed by atoms with Gasteiger partial charge in [0.05, 0.1) is 58.1 Å². The molecular weight excluding hydrogens is 538 g/mol. The number of ether oxygens (including phenoxy) is 3. The van der Waals surface area contributed by atoms with Crippen LogP contribution in [0.25, 0.3) is 17.2 Å². The summed E-state index contributed by atoms with van der Waals surface area (Å²) in [5.41, 5.74) is 3.19. The van der Waals surface area contributed by atoms with Crippen LogP contribution in [-0.4, -0.2) is 71.2 Å². The number of unbranched alkanes of at least 4 members (excludes halogenated alkanes) is 3. The number of nitrogens with zero attached hydrogens (tertiary/aromatic N) is 1. The van der Waals surface area contributed by atoms with Crippen LogP contribution in [0.15, 0.2) is 79.4 Å². The third-order valence-electron chi connectivity index (χ3n) is 5.54. The molecule has 0 bridgehead atoms. The molecule has 0 saturated carbocycles. The van der Waals surface area contributed by atoms with Gasteiger partial charge in [-0.2, -0.15) is 0 Å². The quantitative estimate of drug-likeness (QED) is 0.107. The third-order valence-corrected chi connectivity index (χ3v) is 6.33. The Labute approximate surface area is 246 Å². The lowest BCUT2D eigenvalue weighted by atomic mass is 10.1. The van der Waals surface area contributed by atoms with Crippen molar-refractivity contribution in [3.05, 3.63) is 84.9 Å². The van der Waals surface area contributed by atoms with Crippen molar-refractivity contribution in [2.24, 2.45) is 0 Å².